The second-order valence-corrected chi connectivity index (χ2v) is 19.4. The Morgan fingerprint density at radius 3 is 2.29 bits per heavy atom. The van der Waals surface area contributed by atoms with Gasteiger partial charge in [-0.2, -0.15) is 0 Å². The number of fused-ring (bicyclic) bond motifs is 1. The van der Waals surface area contributed by atoms with Crippen molar-refractivity contribution in [3.8, 4) is 28.5 Å². The van der Waals surface area contributed by atoms with Crippen LogP contribution in [0.1, 0.15) is 59.3 Å². The van der Waals surface area contributed by atoms with Gasteiger partial charge in [0.25, 0.3) is 7.37 Å². The number of para-hydroxylation sites is 1. The van der Waals surface area contributed by atoms with Crippen LogP contribution >= 0.6 is 7.37 Å². The number of nitrogens with zero attached hydrogens (tertiary/aromatic N) is 2. The van der Waals surface area contributed by atoms with Crippen LogP contribution in [0.15, 0.2) is 97.6 Å². The molecule has 0 bridgehead atoms. The number of aromatic nitrogens is 1. The summed E-state index contributed by atoms with van der Waals surface area (Å²) in [5.74, 6) is 0.298. The molecule has 0 spiro atoms. The van der Waals surface area contributed by atoms with Crippen molar-refractivity contribution < 1.29 is 37.7 Å². The Bertz CT molecular complexity index is 2210. The number of likely N-dealkylation sites (tertiary alicyclic amines) is 1. The van der Waals surface area contributed by atoms with E-state index in [4.69, 9.17) is 23.7 Å². The quantitative estimate of drug-likeness (QED) is 0.101. The first-order valence-corrected chi connectivity index (χ1v) is 22.0. The first-order chi connectivity index (χ1) is 27.7. The fraction of sp³-hybridized carbons (Fsp3) is 0.422. The van der Waals surface area contributed by atoms with E-state index in [1.807, 2.05) is 81.4 Å². The van der Waals surface area contributed by atoms with Crippen LogP contribution in [0.25, 0.3) is 22.2 Å². The summed E-state index contributed by atoms with van der Waals surface area (Å²) >= 11 is 0. The molecule has 1 aromatic heterocycles. The van der Waals surface area contributed by atoms with Crippen molar-refractivity contribution in [2.45, 2.75) is 88.9 Å². The summed E-state index contributed by atoms with van der Waals surface area (Å²) in [6, 6.07) is 23.9. The van der Waals surface area contributed by atoms with E-state index in [0.29, 0.717) is 34.9 Å². The zero-order chi connectivity index (χ0) is 41.2. The van der Waals surface area contributed by atoms with Crippen molar-refractivity contribution in [2.75, 3.05) is 20.3 Å². The molecule has 2 N–H and O–H groups in total. The lowest BCUT2D eigenvalue weighted by Crippen LogP contribution is -2.58. The number of methoxy groups -OCH3 is 1. The highest BCUT2D eigenvalue weighted by Crippen LogP contribution is 2.69. The lowest BCUT2D eigenvalue weighted by molar-refractivity contribution is -0.142. The second-order valence-electron chi connectivity index (χ2n) is 16.7. The van der Waals surface area contributed by atoms with Crippen molar-refractivity contribution >= 4 is 36.2 Å². The molecule has 13 heteroatoms. The molecule has 3 aromatic carbocycles. The van der Waals surface area contributed by atoms with Gasteiger partial charge in [0.15, 0.2) is 0 Å². The summed E-state index contributed by atoms with van der Waals surface area (Å²) in [5, 5.41) is 5.45. The minimum absolute atomic E-state index is 0.0334. The highest BCUT2D eigenvalue weighted by Gasteiger charge is 2.66. The van der Waals surface area contributed by atoms with E-state index < -0.39 is 54.2 Å². The molecule has 3 fully saturated rings. The van der Waals surface area contributed by atoms with Gasteiger partial charge in [0.1, 0.15) is 46.8 Å². The topological polar surface area (TPSA) is 145 Å². The van der Waals surface area contributed by atoms with Gasteiger partial charge in [0.05, 0.1) is 24.9 Å². The maximum Gasteiger partial charge on any atom is 0.408 e. The fourth-order valence-electron chi connectivity index (χ4n) is 8.16. The molecule has 58 heavy (non-hydrogen) atoms. The van der Waals surface area contributed by atoms with E-state index in [1.165, 1.54) is 11.6 Å². The summed E-state index contributed by atoms with van der Waals surface area (Å²) in [4.78, 5) is 49.2. The van der Waals surface area contributed by atoms with Crippen LogP contribution < -0.4 is 24.6 Å². The average molecular weight is 809 g/mol. The predicted molar refractivity (Wildman–Crippen MR) is 223 cm³/mol. The third-order valence-corrected chi connectivity index (χ3v) is 14.1. The molecule has 3 amide bonds. The molecule has 1 aliphatic heterocycles. The molecule has 306 valence electrons. The Kier molecular flexibility index (Phi) is 11.6. The summed E-state index contributed by atoms with van der Waals surface area (Å²) in [6.45, 7) is 11.1. The number of benzene rings is 3. The molecule has 1 saturated heterocycles. The van der Waals surface area contributed by atoms with Gasteiger partial charge in [-0.25, -0.2) is 9.78 Å². The lowest BCUT2D eigenvalue weighted by Gasteiger charge is -2.36. The summed E-state index contributed by atoms with van der Waals surface area (Å²) < 4.78 is 38.6. The molecule has 12 nitrogen and oxygen atoms in total. The van der Waals surface area contributed by atoms with Gasteiger partial charge in [-0.05, 0) is 61.8 Å². The number of nitrogens with one attached hydrogen (secondary N) is 2. The molecule has 2 saturated carbocycles. The van der Waals surface area contributed by atoms with Crippen molar-refractivity contribution in [1.82, 2.24) is 20.5 Å². The molecule has 6 atom stereocenters. The van der Waals surface area contributed by atoms with Gasteiger partial charge in [-0.3, -0.25) is 14.2 Å². The van der Waals surface area contributed by atoms with Crippen molar-refractivity contribution in [2.24, 2.45) is 11.3 Å². The van der Waals surface area contributed by atoms with Gasteiger partial charge < -0.3 is 34.3 Å². The van der Waals surface area contributed by atoms with Crippen LogP contribution in [-0.2, 0) is 18.9 Å². The minimum atomic E-state index is -3.56. The molecule has 1 unspecified atom stereocenters. The predicted octanol–water partition coefficient (Wildman–Crippen LogP) is 8.35. The Labute approximate surface area is 340 Å². The normalized spacial score (nSPS) is 23.3. The van der Waals surface area contributed by atoms with Gasteiger partial charge in [-0.1, -0.05) is 75.4 Å². The molecule has 4 aromatic rings. The highest BCUT2D eigenvalue weighted by molar-refractivity contribution is 7.60. The number of ether oxygens (including phenoxy) is 3. The number of pyridine rings is 1. The number of hydrogen-bond donors (Lipinski definition) is 2. The Hall–Kier alpha value is -5.35. The fourth-order valence-corrected chi connectivity index (χ4v) is 10.4. The van der Waals surface area contributed by atoms with Gasteiger partial charge in [-0.15, -0.1) is 6.58 Å². The van der Waals surface area contributed by atoms with E-state index in [-0.39, 0.29) is 25.0 Å². The average Bonchev–Trinajstić information content (AvgIpc) is 3.46. The smallest absolute Gasteiger partial charge is 0.408 e. The standard InChI is InChI=1S/C45H53N4O8P/c1-7-30-27-45(30,58(6,53)57-32-20-12-9-13-21-32)48-41(50)38-25-34(28-49(38)42(51)40(44(2,3)4)47-43(52)56-31-18-14-15-19-31)55-39-26-36(29-16-10-8-11-17-29)46-37-24-33(54-5)22-23-35(37)39/h7-13,16-17,20-24,26,30-31,34,38,40H,1,14-15,18-19,25,27-28H2,2-6H3,(H,47,52)(H,48,50)/t30-,34-,38+,40-,45+,58?/m1/s1. The third kappa shape index (κ3) is 8.58. The number of hydrogen-bond acceptors (Lipinski definition) is 9. The van der Waals surface area contributed by atoms with E-state index in [2.05, 4.69) is 17.2 Å². The number of amides is 3. The zero-order valence-electron chi connectivity index (χ0n) is 33.8. The van der Waals surface area contributed by atoms with Crippen molar-refractivity contribution in [1.29, 1.82) is 0 Å². The maximum absolute atomic E-state index is 14.8. The Morgan fingerprint density at radius 2 is 1.66 bits per heavy atom. The van der Waals surface area contributed by atoms with E-state index in [9.17, 15) is 18.9 Å². The van der Waals surface area contributed by atoms with Crippen LogP contribution in [0.2, 0.25) is 0 Å². The second kappa shape index (κ2) is 16.5. The molecule has 2 heterocycles. The number of alkyl carbamates (subject to hydrolysis) is 1. The Morgan fingerprint density at radius 1 is 0.966 bits per heavy atom. The van der Waals surface area contributed by atoms with Crippen molar-refractivity contribution in [3.63, 3.8) is 0 Å². The van der Waals surface area contributed by atoms with Crippen LogP contribution in [0.5, 0.6) is 17.2 Å². The molecule has 3 aliphatic rings. The maximum atomic E-state index is 14.8. The number of carbonyl (C=O) groups excluding carboxylic acids is 3. The molecule has 7 rings (SSSR count). The molecule has 0 radical (unpaired) electrons. The van der Waals surface area contributed by atoms with Crippen LogP contribution in [0.3, 0.4) is 0 Å². The zero-order valence-corrected chi connectivity index (χ0v) is 34.7. The molecule has 2 aliphatic carbocycles. The van der Waals surface area contributed by atoms with Gasteiger partial charge >= 0.3 is 6.09 Å². The SMILES string of the molecule is C=C[C@@H]1C[C@]1(NC(=O)[C@@H]1C[C@@H](Oc2cc(-c3ccccc3)nc3cc(OC)ccc23)CN1C(=O)[C@@H](NC(=O)OC1CCCC1)C(C)(C)C)P(C)(=O)Oc1ccccc1. The minimum Gasteiger partial charge on any atom is -0.497 e. The Balaban J connectivity index is 1.22. The van der Waals surface area contributed by atoms with E-state index in [1.54, 1.807) is 37.5 Å². The third-order valence-electron chi connectivity index (χ3n) is 11.5. The highest BCUT2D eigenvalue weighted by atomic mass is 31.2. The first-order valence-electron chi connectivity index (χ1n) is 20.0. The van der Waals surface area contributed by atoms with Crippen LogP contribution in [-0.4, -0.2) is 77.7 Å². The molecular weight excluding hydrogens is 755 g/mol. The summed E-state index contributed by atoms with van der Waals surface area (Å²) in [6.07, 6.45) is 4.14. The van der Waals surface area contributed by atoms with Gasteiger partial charge in [0, 0.05) is 42.1 Å². The summed E-state index contributed by atoms with van der Waals surface area (Å²) in [5.41, 5.74) is 1.45. The summed E-state index contributed by atoms with van der Waals surface area (Å²) in [7, 11) is -1.97. The van der Waals surface area contributed by atoms with Crippen molar-refractivity contribution in [3.05, 3.63) is 97.6 Å². The molecular formula is C45H53N4O8P. The first kappa shape index (κ1) is 40.8. The van der Waals surface area contributed by atoms with Gasteiger partial charge in [0.2, 0.25) is 11.8 Å². The largest absolute Gasteiger partial charge is 0.497 e. The van der Waals surface area contributed by atoms with E-state index in [0.717, 1.165) is 36.6 Å². The number of rotatable bonds is 13. The number of carbonyl (C=O) groups is 3. The van der Waals surface area contributed by atoms with Crippen LogP contribution in [0, 0.1) is 11.3 Å². The van der Waals surface area contributed by atoms with Crippen LogP contribution in [0.4, 0.5) is 4.79 Å². The monoisotopic (exact) mass is 808 g/mol. The van der Waals surface area contributed by atoms with E-state index >= 15 is 0 Å². The lowest BCUT2D eigenvalue weighted by atomic mass is 9.85.